The standard InChI is InChI=1S/C16H15FN2O4S/c17-11-7-10(4-3-9(11)6-14(20)21)18-15(22)12-8-24-16(19-12)13-2-1-5-23-13/h3-4,7-8,13H,1-2,5-6H2,(H,18,22)(H,20,21). The van der Waals surface area contributed by atoms with Gasteiger partial charge in [-0.1, -0.05) is 6.07 Å². The first-order chi connectivity index (χ1) is 11.5. The van der Waals surface area contributed by atoms with E-state index < -0.39 is 24.1 Å². The number of benzene rings is 1. The molecule has 0 saturated carbocycles. The van der Waals surface area contributed by atoms with Crippen LogP contribution in [0.4, 0.5) is 10.1 Å². The van der Waals surface area contributed by atoms with Crippen LogP contribution in [0.1, 0.15) is 40.0 Å². The van der Waals surface area contributed by atoms with Gasteiger partial charge in [0.1, 0.15) is 22.6 Å². The molecule has 1 saturated heterocycles. The van der Waals surface area contributed by atoms with E-state index in [1.54, 1.807) is 5.38 Å². The van der Waals surface area contributed by atoms with Crippen LogP contribution in [-0.2, 0) is 16.0 Å². The van der Waals surface area contributed by atoms with Crippen LogP contribution in [0.2, 0.25) is 0 Å². The summed E-state index contributed by atoms with van der Waals surface area (Å²) in [6.07, 6.45) is 1.42. The second kappa shape index (κ2) is 7.06. The lowest BCUT2D eigenvalue weighted by atomic mass is 10.1. The fourth-order valence-electron chi connectivity index (χ4n) is 2.44. The van der Waals surface area contributed by atoms with Gasteiger partial charge in [0, 0.05) is 17.7 Å². The summed E-state index contributed by atoms with van der Waals surface area (Å²) in [5.74, 6) is -2.23. The highest BCUT2D eigenvalue weighted by atomic mass is 32.1. The normalized spacial score (nSPS) is 17.0. The van der Waals surface area contributed by atoms with Crippen molar-refractivity contribution >= 4 is 28.9 Å². The molecule has 2 heterocycles. The van der Waals surface area contributed by atoms with E-state index in [2.05, 4.69) is 10.3 Å². The summed E-state index contributed by atoms with van der Waals surface area (Å²) >= 11 is 1.36. The smallest absolute Gasteiger partial charge is 0.307 e. The number of anilines is 1. The molecule has 0 aliphatic carbocycles. The van der Waals surface area contributed by atoms with Gasteiger partial charge in [-0.25, -0.2) is 9.37 Å². The van der Waals surface area contributed by atoms with Gasteiger partial charge in [-0.15, -0.1) is 11.3 Å². The lowest BCUT2D eigenvalue weighted by Gasteiger charge is -2.06. The topological polar surface area (TPSA) is 88.5 Å². The summed E-state index contributed by atoms with van der Waals surface area (Å²) in [5, 5.41) is 13.7. The fourth-order valence-corrected chi connectivity index (χ4v) is 3.32. The molecule has 8 heteroatoms. The molecule has 126 valence electrons. The van der Waals surface area contributed by atoms with Crippen LogP contribution in [0.25, 0.3) is 0 Å². The van der Waals surface area contributed by atoms with E-state index in [0.29, 0.717) is 6.61 Å². The second-order valence-corrected chi connectivity index (χ2v) is 6.29. The van der Waals surface area contributed by atoms with E-state index in [4.69, 9.17) is 9.84 Å². The summed E-state index contributed by atoms with van der Waals surface area (Å²) < 4.78 is 19.4. The largest absolute Gasteiger partial charge is 0.481 e. The van der Waals surface area contributed by atoms with Crippen molar-refractivity contribution in [1.29, 1.82) is 0 Å². The molecule has 1 fully saturated rings. The molecular formula is C16H15FN2O4S. The SMILES string of the molecule is O=C(O)Cc1ccc(NC(=O)c2csc(C3CCCO3)n2)cc1F. The minimum atomic E-state index is -1.12. The molecule has 24 heavy (non-hydrogen) atoms. The monoisotopic (exact) mass is 350 g/mol. The summed E-state index contributed by atoms with van der Waals surface area (Å²) in [4.78, 5) is 27.1. The molecule has 1 aliphatic rings. The Morgan fingerprint density at radius 3 is 2.96 bits per heavy atom. The maximum Gasteiger partial charge on any atom is 0.307 e. The van der Waals surface area contributed by atoms with Crippen LogP contribution >= 0.6 is 11.3 Å². The molecule has 1 atom stereocenters. The molecule has 1 aliphatic heterocycles. The van der Waals surface area contributed by atoms with Gasteiger partial charge in [-0.05, 0) is 30.5 Å². The van der Waals surface area contributed by atoms with Crippen LogP contribution in [0.3, 0.4) is 0 Å². The average molecular weight is 350 g/mol. The van der Waals surface area contributed by atoms with Crippen molar-refractivity contribution < 1.29 is 23.8 Å². The molecule has 6 nitrogen and oxygen atoms in total. The first-order valence-electron chi connectivity index (χ1n) is 7.41. The number of aromatic nitrogens is 1. The lowest BCUT2D eigenvalue weighted by molar-refractivity contribution is -0.136. The lowest BCUT2D eigenvalue weighted by Crippen LogP contribution is -2.13. The van der Waals surface area contributed by atoms with Crippen molar-refractivity contribution in [2.75, 3.05) is 11.9 Å². The van der Waals surface area contributed by atoms with Gasteiger partial charge in [-0.2, -0.15) is 0 Å². The van der Waals surface area contributed by atoms with Gasteiger partial charge in [0.05, 0.1) is 6.42 Å². The summed E-state index contributed by atoms with van der Waals surface area (Å²) in [6, 6.07) is 3.91. The minimum absolute atomic E-state index is 0.0516. The van der Waals surface area contributed by atoms with Crippen LogP contribution < -0.4 is 5.32 Å². The number of hydrogen-bond donors (Lipinski definition) is 2. The molecule has 2 N–H and O–H groups in total. The van der Waals surface area contributed by atoms with E-state index in [1.807, 2.05) is 0 Å². The number of halogens is 1. The number of nitrogens with one attached hydrogen (secondary N) is 1. The maximum absolute atomic E-state index is 13.8. The first kappa shape index (κ1) is 16.5. The highest BCUT2D eigenvalue weighted by Crippen LogP contribution is 2.30. The van der Waals surface area contributed by atoms with E-state index in [-0.39, 0.29) is 23.0 Å². The highest BCUT2D eigenvalue weighted by Gasteiger charge is 2.22. The van der Waals surface area contributed by atoms with Crippen molar-refractivity contribution in [1.82, 2.24) is 4.98 Å². The molecule has 0 bridgehead atoms. The molecule has 1 aromatic heterocycles. The molecule has 0 radical (unpaired) electrons. The van der Waals surface area contributed by atoms with Gasteiger partial charge >= 0.3 is 5.97 Å². The molecule has 2 aromatic rings. The van der Waals surface area contributed by atoms with Crippen molar-refractivity contribution in [2.24, 2.45) is 0 Å². The second-order valence-electron chi connectivity index (χ2n) is 5.40. The Morgan fingerprint density at radius 1 is 1.46 bits per heavy atom. The summed E-state index contributed by atoms with van der Waals surface area (Å²) in [7, 11) is 0. The highest BCUT2D eigenvalue weighted by molar-refractivity contribution is 7.09. The predicted octanol–water partition coefficient (Wildman–Crippen LogP) is 3.01. The van der Waals surface area contributed by atoms with E-state index in [9.17, 15) is 14.0 Å². The van der Waals surface area contributed by atoms with E-state index in [0.717, 1.165) is 23.9 Å². The Morgan fingerprint density at radius 2 is 2.29 bits per heavy atom. The number of carbonyl (C=O) groups is 2. The average Bonchev–Trinajstić information content (AvgIpc) is 3.19. The quantitative estimate of drug-likeness (QED) is 0.865. The Balaban J connectivity index is 1.68. The molecule has 1 unspecified atom stereocenters. The van der Waals surface area contributed by atoms with Crippen molar-refractivity contribution in [3.63, 3.8) is 0 Å². The zero-order chi connectivity index (χ0) is 17.1. The number of carbonyl (C=O) groups excluding carboxylic acids is 1. The zero-order valence-electron chi connectivity index (χ0n) is 12.6. The number of rotatable bonds is 5. The number of ether oxygens (including phenoxy) is 1. The molecule has 0 spiro atoms. The van der Waals surface area contributed by atoms with E-state index in [1.165, 1.54) is 23.5 Å². The predicted molar refractivity (Wildman–Crippen MR) is 85.7 cm³/mol. The minimum Gasteiger partial charge on any atom is -0.481 e. The van der Waals surface area contributed by atoms with Crippen LogP contribution in [0.5, 0.6) is 0 Å². The van der Waals surface area contributed by atoms with Crippen molar-refractivity contribution in [2.45, 2.75) is 25.4 Å². The van der Waals surface area contributed by atoms with Crippen molar-refractivity contribution in [3.05, 3.63) is 45.7 Å². The molecule has 1 amide bonds. The summed E-state index contributed by atoms with van der Waals surface area (Å²) in [6.45, 7) is 0.702. The number of carboxylic acids is 1. The number of nitrogens with zero attached hydrogens (tertiary/aromatic N) is 1. The third-order valence-corrected chi connectivity index (χ3v) is 4.55. The van der Waals surface area contributed by atoms with Gasteiger partial charge in [0.2, 0.25) is 0 Å². The third kappa shape index (κ3) is 3.77. The van der Waals surface area contributed by atoms with Gasteiger partial charge in [0.15, 0.2) is 0 Å². The first-order valence-corrected chi connectivity index (χ1v) is 8.29. The number of amides is 1. The maximum atomic E-state index is 13.8. The third-order valence-electron chi connectivity index (χ3n) is 3.61. The Kier molecular flexibility index (Phi) is 4.86. The van der Waals surface area contributed by atoms with Gasteiger partial charge in [-0.3, -0.25) is 9.59 Å². The number of aliphatic carboxylic acids is 1. The number of thiazole rings is 1. The molecular weight excluding hydrogens is 335 g/mol. The Hall–Kier alpha value is -2.32. The number of carboxylic acid groups (broad SMARTS) is 1. The molecule has 3 rings (SSSR count). The van der Waals surface area contributed by atoms with Gasteiger partial charge < -0.3 is 15.2 Å². The van der Waals surface area contributed by atoms with E-state index >= 15 is 0 Å². The zero-order valence-corrected chi connectivity index (χ0v) is 13.4. The van der Waals surface area contributed by atoms with Crippen molar-refractivity contribution in [3.8, 4) is 0 Å². The molecule has 1 aromatic carbocycles. The Bertz CT molecular complexity index is 771. The van der Waals surface area contributed by atoms with Gasteiger partial charge in [0.25, 0.3) is 5.91 Å². The fraction of sp³-hybridized carbons (Fsp3) is 0.312. The Labute approximate surface area is 141 Å². The number of hydrogen-bond acceptors (Lipinski definition) is 5. The van der Waals surface area contributed by atoms with Crippen LogP contribution in [0, 0.1) is 5.82 Å². The summed E-state index contributed by atoms with van der Waals surface area (Å²) in [5.41, 5.74) is 0.564. The van der Waals surface area contributed by atoms with Crippen LogP contribution in [0.15, 0.2) is 23.6 Å². The van der Waals surface area contributed by atoms with Crippen LogP contribution in [-0.4, -0.2) is 28.6 Å².